The van der Waals surface area contributed by atoms with Gasteiger partial charge in [0.05, 0.1) is 0 Å². The van der Waals surface area contributed by atoms with Crippen LogP contribution in [0.2, 0.25) is 0 Å². The Morgan fingerprint density at radius 1 is 1.24 bits per heavy atom. The molecule has 0 aliphatic heterocycles. The lowest BCUT2D eigenvalue weighted by Crippen LogP contribution is -2.01. The van der Waals surface area contributed by atoms with Crippen LogP contribution in [-0.2, 0) is 9.59 Å². The fraction of sp³-hybridized carbons (Fsp3) is 0.0909. The Morgan fingerprint density at radius 2 is 1.76 bits per heavy atom. The van der Waals surface area contributed by atoms with E-state index in [2.05, 4.69) is 5.73 Å². The molecule has 6 nitrogen and oxygen atoms in total. The first kappa shape index (κ1) is 14.5. The third-order valence-corrected chi connectivity index (χ3v) is 1.42. The highest BCUT2D eigenvalue weighted by Gasteiger charge is 1.97. The molecular formula is C11H13NO5. The van der Waals surface area contributed by atoms with Crippen LogP contribution in [0.3, 0.4) is 0 Å². The third kappa shape index (κ3) is 7.43. The molecule has 17 heavy (non-hydrogen) atoms. The SMILES string of the molecule is CC(N)=O.O=C(O)C=Cc1ccc(O)c(O)c1. The summed E-state index contributed by atoms with van der Waals surface area (Å²) in [4.78, 5) is 19.3. The molecule has 0 spiro atoms. The molecule has 1 rings (SSSR count). The van der Waals surface area contributed by atoms with Gasteiger partial charge in [-0.15, -0.1) is 0 Å². The molecule has 0 aromatic heterocycles. The van der Waals surface area contributed by atoms with Crippen LogP contribution in [0.25, 0.3) is 6.08 Å². The summed E-state index contributed by atoms with van der Waals surface area (Å²) in [6.45, 7) is 1.31. The molecule has 0 bridgehead atoms. The van der Waals surface area contributed by atoms with Gasteiger partial charge in [0.25, 0.3) is 0 Å². The van der Waals surface area contributed by atoms with Crippen molar-refractivity contribution in [1.29, 1.82) is 0 Å². The molecule has 1 aromatic carbocycles. The molecule has 1 amide bonds. The molecule has 0 aliphatic rings. The minimum Gasteiger partial charge on any atom is -0.504 e. The molecule has 0 unspecified atom stereocenters. The minimum absolute atomic E-state index is 0.229. The Hall–Kier alpha value is -2.50. The molecule has 1 aromatic rings. The molecule has 5 N–H and O–H groups in total. The van der Waals surface area contributed by atoms with E-state index < -0.39 is 5.97 Å². The number of aliphatic carboxylic acids is 1. The van der Waals surface area contributed by atoms with E-state index in [0.717, 1.165) is 6.08 Å². The topological polar surface area (TPSA) is 121 Å². The van der Waals surface area contributed by atoms with E-state index in [1.165, 1.54) is 31.2 Å². The quantitative estimate of drug-likeness (QED) is 0.447. The lowest BCUT2D eigenvalue weighted by atomic mass is 10.2. The van der Waals surface area contributed by atoms with Crippen molar-refractivity contribution < 1.29 is 24.9 Å². The molecule has 0 heterocycles. The van der Waals surface area contributed by atoms with Gasteiger partial charge in [0.15, 0.2) is 11.5 Å². The van der Waals surface area contributed by atoms with Gasteiger partial charge in [-0.05, 0) is 23.8 Å². The number of hydrogen-bond donors (Lipinski definition) is 4. The molecular weight excluding hydrogens is 226 g/mol. The summed E-state index contributed by atoms with van der Waals surface area (Å²) < 4.78 is 0. The molecule has 0 aliphatic carbocycles. The van der Waals surface area contributed by atoms with Crippen molar-refractivity contribution >= 4 is 18.0 Å². The van der Waals surface area contributed by atoms with Crippen LogP contribution < -0.4 is 5.73 Å². The fourth-order valence-corrected chi connectivity index (χ4v) is 0.812. The zero-order valence-electron chi connectivity index (χ0n) is 9.12. The van der Waals surface area contributed by atoms with Crippen LogP contribution >= 0.6 is 0 Å². The maximum Gasteiger partial charge on any atom is 0.328 e. The molecule has 0 fully saturated rings. The monoisotopic (exact) mass is 239 g/mol. The normalized spacial score (nSPS) is 9.47. The molecule has 92 valence electrons. The highest BCUT2D eigenvalue weighted by atomic mass is 16.4. The van der Waals surface area contributed by atoms with E-state index in [0.29, 0.717) is 5.56 Å². The predicted molar refractivity (Wildman–Crippen MR) is 61.3 cm³/mol. The zero-order chi connectivity index (χ0) is 13.4. The Kier molecular flexibility index (Phi) is 5.87. The van der Waals surface area contributed by atoms with Crippen LogP contribution in [0.15, 0.2) is 24.3 Å². The molecule has 6 heteroatoms. The summed E-state index contributed by atoms with van der Waals surface area (Å²) in [7, 11) is 0. The van der Waals surface area contributed by atoms with Crippen molar-refractivity contribution in [2.24, 2.45) is 5.73 Å². The van der Waals surface area contributed by atoms with Gasteiger partial charge in [0.1, 0.15) is 0 Å². The van der Waals surface area contributed by atoms with Crippen molar-refractivity contribution in [1.82, 2.24) is 0 Å². The third-order valence-electron chi connectivity index (χ3n) is 1.42. The Labute approximate surface area is 97.6 Å². The zero-order valence-corrected chi connectivity index (χ0v) is 9.12. The maximum atomic E-state index is 10.1. The number of phenols is 2. The van der Waals surface area contributed by atoms with E-state index in [4.69, 9.17) is 15.3 Å². The van der Waals surface area contributed by atoms with Gasteiger partial charge in [0.2, 0.25) is 5.91 Å². The number of phenolic OH excluding ortho intramolecular Hbond substituents is 2. The summed E-state index contributed by atoms with van der Waals surface area (Å²) in [6, 6.07) is 4.06. The van der Waals surface area contributed by atoms with Crippen molar-refractivity contribution in [3.63, 3.8) is 0 Å². The average Bonchev–Trinajstić information content (AvgIpc) is 2.19. The van der Waals surface area contributed by atoms with E-state index in [9.17, 15) is 9.59 Å². The number of aromatic hydroxyl groups is 2. The summed E-state index contributed by atoms with van der Waals surface area (Å²) in [5, 5.41) is 26.3. The van der Waals surface area contributed by atoms with Crippen LogP contribution in [0.5, 0.6) is 11.5 Å². The molecule has 0 saturated heterocycles. The Balaban J connectivity index is 0.000000557. The second-order valence-corrected chi connectivity index (χ2v) is 3.03. The number of hydrogen-bond acceptors (Lipinski definition) is 4. The van der Waals surface area contributed by atoms with E-state index >= 15 is 0 Å². The van der Waals surface area contributed by atoms with Crippen LogP contribution in [-0.4, -0.2) is 27.2 Å². The largest absolute Gasteiger partial charge is 0.504 e. The summed E-state index contributed by atoms with van der Waals surface area (Å²) >= 11 is 0. The first-order chi connectivity index (χ1) is 7.82. The number of amides is 1. The number of rotatable bonds is 2. The van der Waals surface area contributed by atoms with Gasteiger partial charge >= 0.3 is 5.97 Å². The highest BCUT2D eigenvalue weighted by molar-refractivity contribution is 5.85. The van der Waals surface area contributed by atoms with E-state index in [-0.39, 0.29) is 17.4 Å². The molecule has 0 saturated carbocycles. The van der Waals surface area contributed by atoms with Crippen LogP contribution in [0.4, 0.5) is 0 Å². The van der Waals surface area contributed by atoms with Crippen molar-refractivity contribution in [2.45, 2.75) is 6.92 Å². The highest BCUT2D eigenvalue weighted by Crippen LogP contribution is 2.25. The predicted octanol–water partition coefficient (Wildman–Crippen LogP) is 0.687. The number of benzene rings is 1. The molecule has 0 radical (unpaired) electrons. The smallest absolute Gasteiger partial charge is 0.328 e. The van der Waals surface area contributed by atoms with Gasteiger partial charge in [-0.3, -0.25) is 4.79 Å². The van der Waals surface area contributed by atoms with Gasteiger partial charge in [0, 0.05) is 13.0 Å². The van der Waals surface area contributed by atoms with E-state index in [1.807, 2.05) is 0 Å². The average molecular weight is 239 g/mol. The lowest BCUT2D eigenvalue weighted by molar-refractivity contribution is -0.131. The van der Waals surface area contributed by atoms with Crippen molar-refractivity contribution in [2.75, 3.05) is 0 Å². The van der Waals surface area contributed by atoms with Gasteiger partial charge in [-0.1, -0.05) is 6.07 Å². The summed E-state index contributed by atoms with van der Waals surface area (Å²) in [6.07, 6.45) is 2.27. The van der Waals surface area contributed by atoms with Gasteiger partial charge in [-0.2, -0.15) is 0 Å². The second kappa shape index (κ2) is 6.89. The number of carboxylic acid groups (broad SMARTS) is 1. The number of carbonyl (C=O) groups excluding carboxylic acids is 1. The lowest BCUT2D eigenvalue weighted by Gasteiger charge is -1.97. The standard InChI is InChI=1S/C9H8O4.C2H5NO/c10-7-3-1-6(5-8(7)11)2-4-9(12)13;1-2(3)4/h1-5,10-11H,(H,12,13);1H3,(H2,3,4). The first-order valence-corrected chi connectivity index (χ1v) is 4.52. The second-order valence-electron chi connectivity index (χ2n) is 3.03. The van der Waals surface area contributed by atoms with Gasteiger partial charge < -0.3 is 21.1 Å². The minimum atomic E-state index is -1.06. The summed E-state index contributed by atoms with van der Waals surface area (Å²) in [5.41, 5.74) is 4.98. The Morgan fingerprint density at radius 3 is 2.18 bits per heavy atom. The van der Waals surface area contributed by atoms with Crippen molar-refractivity contribution in [3.05, 3.63) is 29.8 Å². The van der Waals surface area contributed by atoms with Gasteiger partial charge in [-0.25, -0.2) is 4.79 Å². The Bertz CT molecular complexity index is 435. The van der Waals surface area contributed by atoms with Crippen LogP contribution in [0.1, 0.15) is 12.5 Å². The molecule has 0 atom stereocenters. The first-order valence-electron chi connectivity index (χ1n) is 4.52. The number of carboxylic acids is 1. The fourth-order valence-electron chi connectivity index (χ4n) is 0.812. The number of nitrogens with two attached hydrogens (primary N) is 1. The number of primary amides is 1. The van der Waals surface area contributed by atoms with Crippen molar-refractivity contribution in [3.8, 4) is 11.5 Å². The maximum absolute atomic E-state index is 10.1. The number of carbonyl (C=O) groups is 2. The van der Waals surface area contributed by atoms with Crippen LogP contribution in [0, 0.1) is 0 Å². The summed E-state index contributed by atoms with van der Waals surface area (Å²) in [5.74, 6) is -1.90. The van der Waals surface area contributed by atoms with E-state index in [1.54, 1.807) is 0 Å².